The average Bonchev–Trinajstić information content (AvgIpc) is 3.82. The normalized spacial score (nSPS) is 18.9. The van der Waals surface area contributed by atoms with E-state index >= 15 is 0 Å². The zero-order valence-corrected chi connectivity index (χ0v) is 48.6. The third-order valence-corrected chi connectivity index (χ3v) is 45.2. The van der Waals surface area contributed by atoms with Crippen molar-refractivity contribution in [2.24, 2.45) is 0 Å². The molecule has 62 heavy (non-hydrogen) atoms. The van der Waals surface area contributed by atoms with Crippen molar-refractivity contribution in [1.29, 1.82) is 0 Å². The van der Waals surface area contributed by atoms with Gasteiger partial charge in [-0.05, 0) is 0 Å². The molecule has 1 aliphatic heterocycles. The minimum absolute atomic E-state index is 0.492. The van der Waals surface area contributed by atoms with Gasteiger partial charge in [-0.15, -0.1) is 0 Å². The van der Waals surface area contributed by atoms with Crippen molar-refractivity contribution >= 4 is 83.6 Å². The predicted molar refractivity (Wildman–Crippen MR) is 287 cm³/mol. The molecule has 2 atom stereocenters. The third-order valence-electron chi connectivity index (χ3n) is 14.8. The zero-order valence-electron chi connectivity index (χ0n) is 40.0. The SMILES string of the molecule is C[Si](C)(C)c1cc(-c2cccc3c2C=C2[CH]3[Hf]([CH3])([CH3])[CH]3C(=Cc4c(-c5cc([Si](C)(C)C)cc([Si](C)(C)C)c5)cccc43)[Si]2(c2ccccc2)c2ccccc2)cc([Si](C)(C)C)c1. The molecule has 6 aromatic rings. The van der Waals surface area contributed by atoms with Crippen LogP contribution in [0.3, 0.4) is 0 Å². The number of rotatable bonds is 8. The molecule has 0 nitrogen and oxygen atoms in total. The summed E-state index contributed by atoms with van der Waals surface area (Å²) in [4.78, 5) is 0. The third kappa shape index (κ3) is 7.18. The number of hydrogen-bond acceptors (Lipinski definition) is 0. The van der Waals surface area contributed by atoms with Crippen molar-refractivity contribution in [2.75, 3.05) is 0 Å². The van der Waals surface area contributed by atoms with Crippen molar-refractivity contribution < 1.29 is 20.0 Å². The van der Waals surface area contributed by atoms with E-state index < -0.39 is 60.3 Å². The summed E-state index contributed by atoms with van der Waals surface area (Å²) >= 11 is -3.46. The van der Waals surface area contributed by atoms with Gasteiger partial charge in [-0.3, -0.25) is 0 Å². The van der Waals surface area contributed by atoms with Gasteiger partial charge in [0.25, 0.3) is 0 Å². The van der Waals surface area contributed by atoms with E-state index in [0.717, 1.165) is 0 Å². The summed E-state index contributed by atoms with van der Waals surface area (Å²) < 4.78 is 6.66. The average molecular weight is 1060 g/mol. The summed E-state index contributed by atoms with van der Waals surface area (Å²) in [6, 6.07) is 54.3. The zero-order chi connectivity index (χ0) is 44.4. The quantitative estimate of drug-likeness (QED) is 0.133. The fourth-order valence-electron chi connectivity index (χ4n) is 11.4. The Morgan fingerprint density at radius 3 is 1.02 bits per heavy atom. The molecule has 1 heterocycles. The Balaban J connectivity index is 1.36. The summed E-state index contributed by atoms with van der Waals surface area (Å²) in [5, 5.41) is 12.9. The van der Waals surface area contributed by atoms with Crippen LogP contribution in [0.1, 0.15) is 29.6 Å². The Morgan fingerprint density at radius 1 is 0.387 bits per heavy atom. The van der Waals surface area contributed by atoms with Gasteiger partial charge in [0, 0.05) is 0 Å². The van der Waals surface area contributed by atoms with Crippen LogP contribution in [0.4, 0.5) is 0 Å². The van der Waals surface area contributed by atoms with Gasteiger partial charge in [-0.1, -0.05) is 0 Å². The van der Waals surface area contributed by atoms with Crippen LogP contribution in [0.15, 0.2) is 144 Å². The molecule has 0 saturated carbocycles. The number of hydrogen-bond donors (Lipinski definition) is 0. The molecule has 9 rings (SSSR count). The van der Waals surface area contributed by atoms with E-state index in [2.05, 4.69) is 234 Å². The fraction of sp³-hybridized carbons (Fsp3) is 0.286. The molecular weight excluding hydrogens is 992 g/mol. The van der Waals surface area contributed by atoms with Gasteiger partial charge in [-0.2, -0.15) is 0 Å². The first-order chi connectivity index (χ1) is 29.0. The summed E-state index contributed by atoms with van der Waals surface area (Å²) in [7, 11) is -9.11. The minimum atomic E-state index is -3.46. The summed E-state index contributed by atoms with van der Waals surface area (Å²) in [5.41, 5.74) is 12.0. The molecule has 0 bridgehead atoms. The standard InChI is InChI=1S/C54H62Si5.2CH3.Hf/c1-55(2,3)45-31-41(32-46(35-45)56(4,5)6)51-27-19-21-39-29-49(37-53(39)51)59(43-23-15-13-16-24-43,44-25-17-14-18-26-44)50-30-40-22-20-28-52(54(40)38-50)42-33-47(57(7,8)9)36-48(34-42)58(10,11)12;;;/h13-38H,1-12H3;2*1H3;. The van der Waals surface area contributed by atoms with Gasteiger partial charge in [-0.25, -0.2) is 0 Å². The Morgan fingerprint density at radius 2 is 0.710 bits per heavy atom. The first kappa shape index (κ1) is 44.0. The summed E-state index contributed by atoms with van der Waals surface area (Å²) in [6.45, 7) is 30.3. The number of benzene rings is 6. The molecule has 2 aliphatic carbocycles. The van der Waals surface area contributed by atoms with Gasteiger partial charge in [0.2, 0.25) is 0 Å². The molecule has 2 unspecified atom stereocenters. The molecule has 0 spiro atoms. The Hall–Kier alpha value is -3.25. The van der Waals surface area contributed by atoms with Crippen molar-refractivity contribution in [3.8, 4) is 22.3 Å². The van der Waals surface area contributed by atoms with Crippen molar-refractivity contribution in [1.82, 2.24) is 0 Å². The summed E-state index contributed by atoms with van der Waals surface area (Å²) in [5.74, 6) is 0. The van der Waals surface area contributed by atoms with E-state index in [1.165, 1.54) is 43.8 Å². The first-order valence-electron chi connectivity index (χ1n) is 23.2. The maximum absolute atomic E-state index is 3.46. The van der Waals surface area contributed by atoms with Crippen LogP contribution in [0.5, 0.6) is 0 Å². The van der Waals surface area contributed by atoms with E-state index in [4.69, 9.17) is 0 Å². The van der Waals surface area contributed by atoms with Crippen LogP contribution >= 0.6 is 0 Å². The molecule has 0 N–H and O–H groups in total. The predicted octanol–water partition coefficient (Wildman–Crippen LogP) is 12.4. The van der Waals surface area contributed by atoms with Gasteiger partial charge < -0.3 is 0 Å². The second-order valence-electron chi connectivity index (χ2n) is 23.6. The number of allylic oxidation sites excluding steroid dienone is 2. The van der Waals surface area contributed by atoms with E-state index in [1.54, 1.807) is 42.3 Å². The van der Waals surface area contributed by atoms with Crippen LogP contribution < -0.4 is 31.1 Å². The first-order valence-corrected chi connectivity index (χ1v) is 50.5. The molecular formula is C56H68HfSi5. The van der Waals surface area contributed by atoms with Crippen LogP contribution in [0, 0.1) is 0 Å². The van der Waals surface area contributed by atoms with Crippen molar-refractivity contribution in [2.45, 2.75) is 95.3 Å². The molecule has 1 fully saturated rings. The van der Waals surface area contributed by atoms with Crippen molar-refractivity contribution in [3.05, 3.63) is 166 Å². The second-order valence-corrected chi connectivity index (χ2v) is 64.9. The van der Waals surface area contributed by atoms with Gasteiger partial charge in [0.1, 0.15) is 0 Å². The molecule has 6 aromatic carbocycles. The Labute approximate surface area is 384 Å². The molecule has 3 aliphatic rings. The van der Waals surface area contributed by atoms with Gasteiger partial charge in [0.15, 0.2) is 0 Å². The van der Waals surface area contributed by atoms with Crippen LogP contribution in [-0.2, 0) is 20.0 Å². The fourth-order valence-corrected chi connectivity index (χ4v) is 47.6. The van der Waals surface area contributed by atoms with E-state index in [-0.39, 0.29) is 0 Å². The molecule has 6 heteroatoms. The molecule has 0 aromatic heterocycles. The Bertz CT molecular complexity index is 2550. The second kappa shape index (κ2) is 15.2. The summed E-state index contributed by atoms with van der Waals surface area (Å²) in [6.07, 6.45) is 5.61. The van der Waals surface area contributed by atoms with Gasteiger partial charge in [0.05, 0.1) is 0 Å². The maximum atomic E-state index is 2.84. The van der Waals surface area contributed by atoms with E-state index in [9.17, 15) is 0 Å². The van der Waals surface area contributed by atoms with Crippen LogP contribution in [0.2, 0.25) is 87.9 Å². The number of fused-ring (bicyclic) bond motifs is 6. The monoisotopic (exact) mass is 1060 g/mol. The van der Waals surface area contributed by atoms with Crippen LogP contribution in [-0.4, -0.2) is 40.4 Å². The molecule has 316 valence electrons. The molecule has 1 saturated heterocycles. The van der Waals surface area contributed by atoms with Crippen LogP contribution in [0.25, 0.3) is 34.4 Å². The topological polar surface area (TPSA) is 0 Å². The van der Waals surface area contributed by atoms with Crippen molar-refractivity contribution in [3.63, 3.8) is 0 Å². The van der Waals surface area contributed by atoms with E-state index in [0.29, 0.717) is 7.35 Å². The van der Waals surface area contributed by atoms with E-state index in [1.807, 2.05) is 0 Å². The van der Waals surface area contributed by atoms with Gasteiger partial charge >= 0.3 is 387 Å². The molecule has 0 radical (unpaired) electrons. The Kier molecular flexibility index (Phi) is 10.8. The molecule has 0 amide bonds.